The normalized spacial score (nSPS) is 12.8. The van der Waals surface area contributed by atoms with Gasteiger partial charge in [-0.3, -0.25) is 4.79 Å². The molecule has 0 bridgehead atoms. The smallest absolute Gasteiger partial charge is 0.262 e. The van der Waals surface area contributed by atoms with E-state index in [0.29, 0.717) is 0 Å². The SMILES string of the molecule is O=C1c2ccccc2-[n+]2cccn21. The molecule has 62 valence electrons. The standard InChI is InChI=1S/C10H7N2O/c13-10-8-4-1-2-5-9(8)11-6-3-7-12(10)11/h1-7H/q+1. The van der Waals surface area contributed by atoms with E-state index in [0.717, 1.165) is 11.3 Å². The lowest BCUT2D eigenvalue weighted by molar-refractivity contribution is -0.666. The quantitative estimate of drug-likeness (QED) is 0.459. The third-order valence-corrected chi connectivity index (χ3v) is 2.28. The highest BCUT2D eigenvalue weighted by molar-refractivity contribution is 5.99. The summed E-state index contributed by atoms with van der Waals surface area (Å²) in [6.45, 7) is 0. The fourth-order valence-electron chi connectivity index (χ4n) is 1.68. The van der Waals surface area contributed by atoms with Crippen molar-refractivity contribution < 1.29 is 9.48 Å². The van der Waals surface area contributed by atoms with Gasteiger partial charge in [0.05, 0.1) is 6.20 Å². The molecule has 2 aromatic rings. The third-order valence-electron chi connectivity index (χ3n) is 2.28. The Morgan fingerprint density at radius 3 is 2.92 bits per heavy atom. The molecule has 3 heteroatoms. The van der Waals surface area contributed by atoms with Crippen molar-refractivity contribution in [1.82, 2.24) is 4.68 Å². The van der Waals surface area contributed by atoms with Gasteiger partial charge >= 0.3 is 5.91 Å². The number of rotatable bonds is 0. The van der Waals surface area contributed by atoms with E-state index in [2.05, 4.69) is 0 Å². The summed E-state index contributed by atoms with van der Waals surface area (Å²) in [4.78, 5) is 11.7. The molecule has 0 unspecified atom stereocenters. The zero-order valence-corrected chi connectivity index (χ0v) is 6.84. The average molecular weight is 171 g/mol. The van der Waals surface area contributed by atoms with Crippen LogP contribution in [-0.4, -0.2) is 10.6 Å². The summed E-state index contributed by atoms with van der Waals surface area (Å²) >= 11 is 0. The van der Waals surface area contributed by atoms with Crippen LogP contribution in [0.4, 0.5) is 0 Å². The van der Waals surface area contributed by atoms with Crippen LogP contribution in [0.5, 0.6) is 0 Å². The van der Waals surface area contributed by atoms with Crippen molar-refractivity contribution in [2.45, 2.75) is 0 Å². The van der Waals surface area contributed by atoms with E-state index < -0.39 is 0 Å². The molecule has 0 spiro atoms. The van der Waals surface area contributed by atoms with Gasteiger partial charge in [-0.15, -0.1) is 0 Å². The van der Waals surface area contributed by atoms with Crippen molar-refractivity contribution in [3.05, 3.63) is 48.3 Å². The van der Waals surface area contributed by atoms with E-state index in [1.54, 1.807) is 10.9 Å². The van der Waals surface area contributed by atoms with Crippen LogP contribution >= 0.6 is 0 Å². The monoisotopic (exact) mass is 171 g/mol. The number of para-hydroxylation sites is 1. The predicted octanol–water partition coefficient (Wildman–Crippen LogP) is 0.767. The Morgan fingerprint density at radius 1 is 1.15 bits per heavy atom. The fourth-order valence-corrected chi connectivity index (χ4v) is 1.68. The first-order valence-electron chi connectivity index (χ1n) is 4.11. The van der Waals surface area contributed by atoms with Gasteiger partial charge in [0.2, 0.25) is 11.9 Å². The van der Waals surface area contributed by atoms with Crippen LogP contribution in [0, 0.1) is 0 Å². The van der Waals surface area contributed by atoms with Crippen molar-refractivity contribution in [3.63, 3.8) is 0 Å². The highest BCUT2D eigenvalue weighted by Crippen LogP contribution is 2.15. The number of fused-ring (bicyclic) bond motifs is 3. The number of nitrogens with zero attached hydrogens (tertiary/aromatic N) is 2. The minimum absolute atomic E-state index is 0.0422. The van der Waals surface area contributed by atoms with Gasteiger partial charge in [0.1, 0.15) is 5.56 Å². The number of carbonyl (C=O) groups excluding carboxylic acids is 1. The molecule has 0 amide bonds. The zero-order valence-electron chi connectivity index (χ0n) is 6.84. The lowest BCUT2D eigenvalue weighted by atomic mass is 10.2. The van der Waals surface area contributed by atoms with Crippen molar-refractivity contribution in [1.29, 1.82) is 0 Å². The summed E-state index contributed by atoms with van der Waals surface area (Å²) in [7, 11) is 0. The summed E-state index contributed by atoms with van der Waals surface area (Å²) in [5.74, 6) is 0.0422. The number of hydrogen-bond acceptors (Lipinski definition) is 1. The van der Waals surface area contributed by atoms with E-state index in [4.69, 9.17) is 0 Å². The molecule has 0 radical (unpaired) electrons. The second kappa shape index (κ2) is 2.07. The van der Waals surface area contributed by atoms with E-state index in [1.165, 1.54) is 0 Å². The molecular formula is C10H7N2O+. The van der Waals surface area contributed by atoms with Gasteiger partial charge in [-0.25, -0.2) is 0 Å². The first-order chi connectivity index (χ1) is 6.38. The van der Waals surface area contributed by atoms with Crippen LogP contribution in [0.25, 0.3) is 5.69 Å². The Labute approximate surface area is 74.8 Å². The molecule has 1 aromatic heterocycles. The molecule has 0 saturated heterocycles. The molecule has 0 aliphatic carbocycles. The number of hydrogen-bond donors (Lipinski definition) is 0. The van der Waals surface area contributed by atoms with Crippen molar-refractivity contribution in [2.75, 3.05) is 0 Å². The number of aromatic nitrogens is 2. The van der Waals surface area contributed by atoms with Gasteiger partial charge in [-0.2, -0.15) is 0 Å². The van der Waals surface area contributed by atoms with Crippen LogP contribution in [0.1, 0.15) is 10.4 Å². The molecule has 0 N–H and O–H groups in total. The molecule has 0 fully saturated rings. The van der Waals surface area contributed by atoms with E-state index >= 15 is 0 Å². The molecule has 3 nitrogen and oxygen atoms in total. The van der Waals surface area contributed by atoms with Gasteiger partial charge in [-0.05, 0) is 6.07 Å². The van der Waals surface area contributed by atoms with Crippen LogP contribution in [0.2, 0.25) is 0 Å². The summed E-state index contributed by atoms with van der Waals surface area (Å²) in [6, 6.07) is 9.45. The third kappa shape index (κ3) is 0.685. The molecule has 1 aliphatic heterocycles. The highest BCUT2D eigenvalue weighted by Gasteiger charge is 2.32. The van der Waals surface area contributed by atoms with Crippen molar-refractivity contribution in [3.8, 4) is 5.69 Å². The van der Waals surface area contributed by atoms with Gasteiger partial charge in [-0.1, -0.05) is 21.5 Å². The molecule has 13 heavy (non-hydrogen) atoms. The van der Waals surface area contributed by atoms with E-state index in [1.807, 2.05) is 41.2 Å². The maximum absolute atomic E-state index is 11.7. The Bertz CT molecular complexity index is 499. The Hall–Kier alpha value is -1.90. The molecule has 1 aliphatic rings. The second-order valence-corrected chi connectivity index (χ2v) is 3.00. The van der Waals surface area contributed by atoms with Gasteiger partial charge < -0.3 is 0 Å². The highest BCUT2D eigenvalue weighted by atomic mass is 16.2. The lowest BCUT2D eigenvalue weighted by Gasteiger charge is -1.85. The maximum Gasteiger partial charge on any atom is 0.320 e. The number of carbonyl (C=O) groups is 1. The maximum atomic E-state index is 11.7. The zero-order chi connectivity index (χ0) is 8.84. The van der Waals surface area contributed by atoms with Crippen LogP contribution in [0.15, 0.2) is 42.7 Å². The van der Waals surface area contributed by atoms with Gasteiger partial charge in [0, 0.05) is 12.1 Å². The van der Waals surface area contributed by atoms with Crippen LogP contribution in [-0.2, 0) is 0 Å². The minimum atomic E-state index is 0.0422. The molecular weight excluding hydrogens is 164 g/mol. The topological polar surface area (TPSA) is 25.9 Å². The molecule has 0 atom stereocenters. The minimum Gasteiger partial charge on any atom is -0.262 e. The molecule has 0 saturated carbocycles. The first kappa shape index (κ1) is 6.60. The first-order valence-corrected chi connectivity index (χ1v) is 4.11. The Balaban J connectivity index is 2.43. The summed E-state index contributed by atoms with van der Waals surface area (Å²) < 4.78 is 3.45. The Morgan fingerprint density at radius 2 is 2.00 bits per heavy atom. The summed E-state index contributed by atoms with van der Waals surface area (Å²) in [5, 5.41) is 0. The molecule has 2 heterocycles. The fraction of sp³-hybridized carbons (Fsp3) is 0. The summed E-state index contributed by atoms with van der Waals surface area (Å²) in [6.07, 6.45) is 3.64. The second-order valence-electron chi connectivity index (χ2n) is 3.00. The van der Waals surface area contributed by atoms with E-state index in [9.17, 15) is 4.79 Å². The average Bonchev–Trinajstić information content (AvgIpc) is 2.72. The summed E-state index contributed by atoms with van der Waals surface area (Å²) in [5.41, 5.74) is 1.72. The van der Waals surface area contributed by atoms with Crippen molar-refractivity contribution in [2.24, 2.45) is 0 Å². The van der Waals surface area contributed by atoms with Gasteiger partial charge in [0.25, 0.3) is 0 Å². The Kier molecular flexibility index (Phi) is 1.05. The van der Waals surface area contributed by atoms with Crippen molar-refractivity contribution >= 4 is 5.91 Å². The number of benzene rings is 1. The van der Waals surface area contributed by atoms with Gasteiger partial charge in [0.15, 0.2) is 0 Å². The molecule has 1 aromatic carbocycles. The van der Waals surface area contributed by atoms with Crippen LogP contribution in [0.3, 0.4) is 0 Å². The van der Waals surface area contributed by atoms with E-state index in [-0.39, 0.29) is 5.91 Å². The molecule has 3 rings (SSSR count). The largest absolute Gasteiger partial charge is 0.320 e. The lowest BCUT2D eigenvalue weighted by Crippen LogP contribution is -2.36. The van der Waals surface area contributed by atoms with Crippen LogP contribution < -0.4 is 4.68 Å². The predicted molar refractivity (Wildman–Crippen MR) is 45.7 cm³/mol.